The molecule has 0 spiro atoms. The maximum atomic E-state index is 9.29. The van der Waals surface area contributed by atoms with Crippen LogP contribution in [0.25, 0.3) is 22.6 Å². The van der Waals surface area contributed by atoms with Crippen LogP contribution in [-0.2, 0) is 6.42 Å². The minimum absolute atomic E-state index is 0.0263. The summed E-state index contributed by atoms with van der Waals surface area (Å²) in [6.45, 7) is 4.71. The molecule has 1 unspecified atom stereocenters. The van der Waals surface area contributed by atoms with Crippen molar-refractivity contribution in [2.24, 2.45) is 5.73 Å². The highest BCUT2D eigenvalue weighted by Gasteiger charge is 2.17. The molecule has 27 heavy (non-hydrogen) atoms. The third kappa shape index (κ3) is 5.08. The van der Waals surface area contributed by atoms with Crippen LogP contribution in [0.4, 0.5) is 0 Å². The van der Waals surface area contributed by atoms with Gasteiger partial charge in [0.1, 0.15) is 11.3 Å². The average Bonchev–Trinajstić information content (AvgIpc) is 3.10. The zero-order chi connectivity index (χ0) is 19.3. The van der Waals surface area contributed by atoms with E-state index in [0.29, 0.717) is 12.3 Å². The molecule has 0 aliphatic carbocycles. The zero-order valence-corrected chi connectivity index (χ0v) is 16.1. The minimum atomic E-state index is -0.565. The summed E-state index contributed by atoms with van der Waals surface area (Å²) >= 11 is 0. The molecule has 0 aliphatic heterocycles. The van der Waals surface area contributed by atoms with Gasteiger partial charge in [-0.15, -0.1) is 0 Å². The summed E-state index contributed by atoms with van der Waals surface area (Å²) in [7, 11) is 0. The second-order valence-electron chi connectivity index (χ2n) is 7.36. The Hall–Kier alpha value is -2.37. The highest BCUT2D eigenvalue weighted by Crippen LogP contribution is 2.27. The van der Waals surface area contributed by atoms with Gasteiger partial charge in [0.15, 0.2) is 5.58 Å². The van der Waals surface area contributed by atoms with E-state index in [1.807, 2.05) is 49.4 Å². The first kappa shape index (κ1) is 19.4. The molecule has 0 amide bonds. The number of hydrogen-bond acceptors (Lipinski definition) is 5. The zero-order valence-electron chi connectivity index (χ0n) is 16.1. The molecule has 3 rings (SSSR count). The van der Waals surface area contributed by atoms with Crippen molar-refractivity contribution < 1.29 is 14.3 Å². The van der Waals surface area contributed by atoms with Crippen LogP contribution in [-0.4, -0.2) is 28.8 Å². The van der Waals surface area contributed by atoms with Crippen LogP contribution in [0.3, 0.4) is 0 Å². The van der Waals surface area contributed by atoms with E-state index < -0.39 is 5.54 Å². The van der Waals surface area contributed by atoms with Crippen molar-refractivity contribution in [3.05, 3.63) is 48.0 Å². The molecule has 3 aromatic rings. The molecule has 5 heteroatoms. The molecule has 0 saturated heterocycles. The minimum Gasteiger partial charge on any atom is -0.494 e. The molecule has 0 bridgehead atoms. The monoisotopic (exact) mass is 368 g/mol. The molecule has 1 aromatic heterocycles. The number of aryl methyl sites for hydroxylation is 1. The lowest BCUT2D eigenvalue weighted by atomic mass is 9.95. The lowest BCUT2D eigenvalue weighted by Gasteiger charge is -2.21. The van der Waals surface area contributed by atoms with E-state index in [0.717, 1.165) is 53.8 Å². The highest BCUT2D eigenvalue weighted by molar-refractivity contribution is 5.77. The summed E-state index contributed by atoms with van der Waals surface area (Å²) in [6, 6.07) is 13.8. The number of fused-ring (bicyclic) bond motifs is 1. The number of nitrogens with two attached hydrogens (primary N) is 1. The van der Waals surface area contributed by atoms with Crippen molar-refractivity contribution in [3.8, 4) is 17.2 Å². The molecule has 1 atom stereocenters. The molecular formula is C22H28N2O3. The predicted molar refractivity (Wildman–Crippen MR) is 108 cm³/mol. The smallest absolute Gasteiger partial charge is 0.227 e. The number of nitrogens with zero attached hydrogens (tertiary/aromatic N) is 1. The molecule has 5 nitrogen and oxygen atoms in total. The molecular weight excluding hydrogens is 340 g/mol. The Morgan fingerprint density at radius 3 is 2.67 bits per heavy atom. The summed E-state index contributed by atoms with van der Waals surface area (Å²) in [4.78, 5) is 4.63. The molecule has 0 fully saturated rings. The van der Waals surface area contributed by atoms with Crippen molar-refractivity contribution in [2.75, 3.05) is 13.2 Å². The number of aliphatic hydroxyl groups is 1. The largest absolute Gasteiger partial charge is 0.494 e. The van der Waals surface area contributed by atoms with Gasteiger partial charge in [0.05, 0.1) is 13.2 Å². The Morgan fingerprint density at radius 2 is 1.96 bits per heavy atom. The lowest BCUT2D eigenvalue weighted by molar-refractivity contribution is 0.200. The average molecular weight is 368 g/mol. The predicted octanol–water partition coefficient (Wildman–Crippen LogP) is 4.32. The van der Waals surface area contributed by atoms with E-state index in [2.05, 4.69) is 11.9 Å². The van der Waals surface area contributed by atoms with Crippen molar-refractivity contribution >= 4 is 11.1 Å². The lowest BCUT2D eigenvalue weighted by Crippen LogP contribution is -2.40. The Morgan fingerprint density at radius 1 is 1.19 bits per heavy atom. The second kappa shape index (κ2) is 8.55. The molecule has 1 heterocycles. The van der Waals surface area contributed by atoms with E-state index in [-0.39, 0.29) is 6.61 Å². The number of unbranched alkanes of at least 4 members (excludes halogenated alkanes) is 1. The summed E-state index contributed by atoms with van der Waals surface area (Å²) in [5.41, 5.74) is 9.09. The first-order valence-electron chi connectivity index (χ1n) is 9.53. The van der Waals surface area contributed by atoms with E-state index in [1.165, 1.54) is 0 Å². The van der Waals surface area contributed by atoms with Crippen molar-refractivity contribution in [3.63, 3.8) is 0 Å². The van der Waals surface area contributed by atoms with E-state index in [1.54, 1.807) is 0 Å². The van der Waals surface area contributed by atoms with Crippen molar-refractivity contribution in [2.45, 2.75) is 45.1 Å². The van der Waals surface area contributed by atoms with Crippen LogP contribution in [0.15, 0.2) is 46.9 Å². The topological polar surface area (TPSA) is 81.5 Å². The van der Waals surface area contributed by atoms with Crippen LogP contribution >= 0.6 is 0 Å². The molecule has 0 radical (unpaired) electrons. The van der Waals surface area contributed by atoms with Gasteiger partial charge in [0, 0.05) is 11.1 Å². The SMILES string of the molecule is CCCCOc1ccc(-c2nc3cc(CCC(C)(N)CO)ccc3o2)cc1. The standard InChI is InChI=1S/C22H28N2O3/c1-3-4-13-26-18-8-6-17(7-9-18)21-24-19-14-16(5-10-20(19)27-21)11-12-22(2,23)15-25/h5-10,14,25H,3-4,11-13,15,23H2,1-2H3. The first-order valence-corrected chi connectivity index (χ1v) is 9.53. The Bertz CT molecular complexity index is 869. The van der Waals surface area contributed by atoms with Gasteiger partial charge in [-0.25, -0.2) is 4.98 Å². The third-order valence-corrected chi connectivity index (χ3v) is 4.67. The van der Waals surface area contributed by atoms with Crippen LogP contribution in [0.5, 0.6) is 5.75 Å². The van der Waals surface area contributed by atoms with Gasteiger partial charge in [0.25, 0.3) is 0 Å². The number of benzene rings is 2. The van der Waals surface area contributed by atoms with Gasteiger partial charge in [-0.2, -0.15) is 0 Å². The number of ether oxygens (including phenoxy) is 1. The first-order chi connectivity index (χ1) is 13.0. The Kier molecular flexibility index (Phi) is 6.14. The maximum absolute atomic E-state index is 9.29. The van der Waals surface area contributed by atoms with Gasteiger partial charge in [-0.1, -0.05) is 19.4 Å². The van der Waals surface area contributed by atoms with Crippen LogP contribution in [0.1, 0.15) is 38.7 Å². The van der Waals surface area contributed by atoms with E-state index in [4.69, 9.17) is 14.9 Å². The number of aromatic nitrogens is 1. The van der Waals surface area contributed by atoms with E-state index >= 15 is 0 Å². The van der Waals surface area contributed by atoms with E-state index in [9.17, 15) is 5.11 Å². The van der Waals surface area contributed by atoms with Crippen LogP contribution in [0.2, 0.25) is 0 Å². The second-order valence-corrected chi connectivity index (χ2v) is 7.36. The summed E-state index contributed by atoms with van der Waals surface area (Å²) in [6.07, 6.45) is 3.67. The van der Waals surface area contributed by atoms with Gasteiger partial charge >= 0.3 is 0 Å². The number of rotatable bonds is 9. The highest BCUT2D eigenvalue weighted by atomic mass is 16.5. The number of oxazole rings is 1. The quantitative estimate of drug-likeness (QED) is 0.550. The van der Waals surface area contributed by atoms with Crippen molar-refractivity contribution in [1.29, 1.82) is 0 Å². The fraction of sp³-hybridized carbons (Fsp3) is 0.409. The Labute approximate surface area is 160 Å². The van der Waals surface area contributed by atoms with Gasteiger partial charge in [0.2, 0.25) is 5.89 Å². The molecule has 3 N–H and O–H groups in total. The molecule has 144 valence electrons. The van der Waals surface area contributed by atoms with Crippen LogP contribution in [0, 0.1) is 0 Å². The fourth-order valence-corrected chi connectivity index (χ4v) is 2.79. The summed E-state index contributed by atoms with van der Waals surface area (Å²) < 4.78 is 11.6. The normalized spacial score (nSPS) is 13.6. The maximum Gasteiger partial charge on any atom is 0.227 e. The number of hydrogen-bond donors (Lipinski definition) is 2. The fourth-order valence-electron chi connectivity index (χ4n) is 2.79. The van der Waals surface area contributed by atoms with Gasteiger partial charge in [-0.05, 0) is 68.1 Å². The Balaban J connectivity index is 1.72. The molecule has 2 aromatic carbocycles. The molecule has 0 aliphatic rings. The molecule has 0 saturated carbocycles. The van der Waals surface area contributed by atoms with Gasteiger partial charge in [-0.3, -0.25) is 0 Å². The number of aliphatic hydroxyl groups excluding tert-OH is 1. The van der Waals surface area contributed by atoms with Gasteiger partial charge < -0.3 is 20.0 Å². The van der Waals surface area contributed by atoms with Crippen molar-refractivity contribution in [1.82, 2.24) is 4.98 Å². The summed E-state index contributed by atoms with van der Waals surface area (Å²) in [5, 5.41) is 9.29. The van der Waals surface area contributed by atoms with Crippen LogP contribution < -0.4 is 10.5 Å². The third-order valence-electron chi connectivity index (χ3n) is 4.67. The summed E-state index contributed by atoms with van der Waals surface area (Å²) in [5.74, 6) is 1.46.